The summed E-state index contributed by atoms with van der Waals surface area (Å²) in [7, 11) is 0. The van der Waals surface area contributed by atoms with Gasteiger partial charge < -0.3 is 9.84 Å². The van der Waals surface area contributed by atoms with Gasteiger partial charge >= 0.3 is 5.97 Å². The summed E-state index contributed by atoms with van der Waals surface area (Å²) in [5, 5.41) is 8.87. The highest BCUT2D eigenvalue weighted by molar-refractivity contribution is 5.75. The van der Waals surface area contributed by atoms with Crippen LogP contribution in [0.3, 0.4) is 0 Å². The van der Waals surface area contributed by atoms with Gasteiger partial charge in [-0.25, -0.2) is 0 Å². The van der Waals surface area contributed by atoms with Crippen molar-refractivity contribution in [1.29, 1.82) is 0 Å². The molecular formula is C11H14O3. The molecule has 0 bridgehead atoms. The van der Waals surface area contributed by atoms with Crippen LogP contribution in [-0.4, -0.2) is 17.7 Å². The van der Waals surface area contributed by atoms with Crippen molar-refractivity contribution in [3.8, 4) is 5.75 Å². The maximum atomic E-state index is 11.4. The molecule has 0 aromatic heterocycles. The predicted molar refractivity (Wildman–Crippen MR) is 52.9 cm³/mol. The van der Waals surface area contributed by atoms with Crippen molar-refractivity contribution < 1.29 is 14.6 Å². The Morgan fingerprint density at radius 3 is 2.57 bits per heavy atom. The number of carbonyl (C=O) groups excluding carboxylic acids is 1. The first kappa shape index (κ1) is 10.7. The standard InChI is InChI=1S/C11H14O3/c1-2-9(8-12)11(13)14-10-6-4-3-5-7-10/h3-7,9,12H,2,8H2,1H3. The molecule has 0 saturated carbocycles. The van der Waals surface area contributed by atoms with Gasteiger partial charge in [0, 0.05) is 0 Å². The topological polar surface area (TPSA) is 46.5 Å². The van der Waals surface area contributed by atoms with Crippen molar-refractivity contribution in [2.45, 2.75) is 13.3 Å². The van der Waals surface area contributed by atoms with Gasteiger partial charge in [0.2, 0.25) is 0 Å². The van der Waals surface area contributed by atoms with Crippen LogP contribution in [0.2, 0.25) is 0 Å². The first-order valence-corrected chi connectivity index (χ1v) is 4.65. The fraction of sp³-hybridized carbons (Fsp3) is 0.364. The fourth-order valence-corrected chi connectivity index (χ4v) is 1.06. The molecule has 1 aromatic carbocycles. The second-order valence-corrected chi connectivity index (χ2v) is 3.02. The first-order chi connectivity index (χ1) is 6.77. The third kappa shape index (κ3) is 2.85. The maximum absolute atomic E-state index is 11.4. The van der Waals surface area contributed by atoms with Crippen LogP contribution < -0.4 is 4.74 Å². The van der Waals surface area contributed by atoms with Crippen LogP contribution in [0.5, 0.6) is 5.75 Å². The van der Waals surface area contributed by atoms with Crippen molar-refractivity contribution in [2.24, 2.45) is 5.92 Å². The predicted octanol–water partition coefficient (Wildman–Crippen LogP) is 1.61. The van der Waals surface area contributed by atoms with Gasteiger partial charge in [-0.2, -0.15) is 0 Å². The van der Waals surface area contributed by atoms with E-state index >= 15 is 0 Å². The van der Waals surface area contributed by atoms with Crippen LogP contribution in [0, 0.1) is 5.92 Å². The lowest BCUT2D eigenvalue weighted by molar-refractivity contribution is -0.140. The van der Waals surface area contributed by atoms with E-state index in [1.54, 1.807) is 24.3 Å². The van der Waals surface area contributed by atoms with Crippen molar-refractivity contribution in [3.63, 3.8) is 0 Å². The average Bonchev–Trinajstić information content (AvgIpc) is 2.21. The van der Waals surface area contributed by atoms with E-state index in [0.717, 1.165) is 0 Å². The Labute approximate surface area is 83.3 Å². The number of aliphatic hydroxyl groups excluding tert-OH is 1. The summed E-state index contributed by atoms with van der Waals surface area (Å²) in [6, 6.07) is 8.86. The molecule has 1 rings (SSSR count). The molecule has 76 valence electrons. The minimum absolute atomic E-state index is 0.165. The number of para-hydroxylation sites is 1. The summed E-state index contributed by atoms with van der Waals surface area (Å²) in [6.45, 7) is 1.68. The molecule has 0 aliphatic heterocycles. The zero-order valence-corrected chi connectivity index (χ0v) is 8.14. The molecule has 0 heterocycles. The number of carbonyl (C=O) groups is 1. The number of esters is 1. The van der Waals surface area contributed by atoms with Gasteiger partial charge in [0.05, 0.1) is 12.5 Å². The van der Waals surface area contributed by atoms with Crippen molar-refractivity contribution in [2.75, 3.05) is 6.61 Å². The molecule has 3 heteroatoms. The van der Waals surface area contributed by atoms with Gasteiger partial charge in [-0.15, -0.1) is 0 Å². The second-order valence-electron chi connectivity index (χ2n) is 3.02. The Bertz CT molecular complexity index is 278. The quantitative estimate of drug-likeness (QED) is 0.585. The van der Waals surface area contributed by atoms with Gasteiger partial charge in [-0.1, -0.05) is 25.1 Å². The highest BCUT2D eigenvalue weighted by atomic mass is 16.5. The molecule has 3 nitrogen and oxygen atoms in total. The highest BCUT2D eigenvalue weighted by Crippen LogP contribution is 2.12. The van der Waals surface area contributed by atoms with Gasteiger partial charge in [0.15, 0.2) is 0 Å². The number of hydrogen-bond acceptors (Lipinski definition) is 3. The Hall–Kier alpha value is -1.35. The third-order valence-corrected chi connectivity index (χ3v) is 2.01. The van der Waals surface area contributed by atoms with Gasteiger partial charge in [0.1, 0.15) is 5.75 Å². The normalized spacial score (nSPS) is 12.1. The van der Waals surface area contributed by atoms with E-state index in [1.807, 2.05) is 13.0 Å². The van der Waals surface area contributed by atoms with Crippen molar-refractivity contribution >= 4 is 5.97 Å². The lowest BCUT2D eigenvalue weighted by atomic mass is 10.1. The monoisotopic (exact) mass is 194 g/mol. The number of hydrogen-bond donors (Lipinski definition) is 1. The lowest BCUT2D eigenvalue weighted by Gasteiger charge is -2.10. The Morgan fingerprint density at radius 2 is 2.07 bits per heavy atom. The van der Waals surface area contributed by atoms with Gasteiger partial charge in [-0.05, 0) is 18.6 Å². The largest absolute Gasteiger partial charge is 0.426 e. The smallest absolute Gasteiger partial charge is 0.316 e. The van der Waals surface area contributed by atoms with Gasteiger partial charge in [0.25, 0.3) is 0 Å². The Morgan fingerprint density at radius 1 is 1.43 bits per heavy atom. The molecule has 0 spiro atoms. The SMILES string of the molecule is CCC(CO)C(=O)Oc1ccccc1. The number of rotatable bonds is 4. The van der Waals surface area contributed by atoms with E-state index in [1.165, 1.54) is 0 Å². The highest BCUT2D eigenvalue weighted by Gasteiger charge is 2.17. The van der Waals surface area contributed by atoms with Gasteiger partial charge in [-0.3, -0.25) is 4.79 Å². The first-order valence-electron chi connectivity index (χ1n) is 4.65. The molecule has 1 unspecified atom stereocenters. The van der Waals surface area contributed by atoms with E-state index in [0.29, 0.717) is 12.2 Å². The van der Waals surface area contributed by atoms with Crippen LogP contribution in [-0.2, 0) is 4.79 Å². The number of benzene rings is 1. The summed E-state index contributed by atoms with van der Waals surface area (Å²) < 4.78 is 5.06. The second kappa shape index (κ2) is 5.40. The molecule has 0 radical (unpaired) electrons. The molecular weight excluding hydrogens is 180 g/mol. The molecule has 1 atom stereocenters. The lowest BCUT2D eigenvalue weighted by Crippen LogP contribution is -2.22. The Balaban J connectivity index is 2.57. The molecule has 0 aliphatic carbocycles. The Kier molecular flexibility index (Phi) is 4.13. The molecule has 0 saturated heterocycles. The zero-order chi connectivity index (χ0) is 10.4. The zero-order valence-electron chi connectivity index (χ0n) is 8.14. The molecule has 1 N–H and O–H groups in total. The molecule has 0 amide bonds. The summed E-state index contributed by atoms with van der Waals surface area (Å²) in [5.74, 6) is -0.277. The van der Waals surface area contributed by atoms with Crippen LogP contribution in [0.1, 0.15) is 13.3 Å². The van der Waals surface area contributed by atoms with Crippen LogP contribution in [0.15, 0.2) is 30.3 Å². The third-order valence-electron chi connectivity index (χ3n) is 2.01. The summed E-state index contributed by atoms with van der Waals surface area (Å²) in [6.07, 6.45) is 0.585. The van der Waals surface area contributed by atoms with Crippen LogP contribution >= 0.6 is 0 Å². The summed E-state index contributed by atoms with van der Waals surface area (Å²) in [5.41, 5.74) is 0. The van der Waals surface area contributed by atoms with Crippen LogP contribution in [0.4, 0.5) is 0 Å². The van der Waals surface area contributed by atoms with E-state index < -0.39 is 5.92 Å². The van der Waals surface area contributed by atoms with E-state index in [9.17, 15) is 4.79 Å². The molecule has 0 aliphatic rings. The van der Waals surface area contributed by atoms with E-state index in [-0.39, 0.29) is 12.6 Å². The maximum Gasteiger partial charge on any atom is 0.316 e. The molecule has 14 heavy (non-hydrogen) atoms. The van der Waals surface area contributed by atoms with E-state index in [2.05, 4.69) is 0 Å². The number of ether oxygens (including phenoxy) is 1. The fourth-order valence-electron chi connectivity index (χ4n) is 1.06. The summed E-state index contributed by atoms with van der Waals surface area (Å²) >= 11 is 0. The minimum atomic E-state index is -0.421. The molecule has 0 fully saturated rings. The van der Waals surface area contributed by atoms with Crippen molar-refractivity contribution in [3.05, 3.63) is 30.3 Å². The van der Waals surface area contributed by atoms with Crippen molar-refractivity contribution in [1.82, 2.24) is 0 Å². The van der Waals surface area contributed by atoms with E-state index in [4.69, 9.17) is 9.84 Å². The summed E-state index contributed by atoms with van der Waals surface area (Å²) in [4.78, 5) is 11.4. The minimum Gasteiger partial charge on any atom is -0.426 e. The average molecular weight is 194 g/mol. The molecule has 1 aromatic rings. The number of aliphatic hydroxyl groups is 1. The van der Waals surface area contributed by atoms with Crippen LogP contribution in [0.25, 0.3) is 0 Å².